The summed E-state index contributed by atoms with van der Waals surface area (Å²) in [5.74, 6) is -0.921. The lowest BCUT2D eigenvalue weighted by Gasteiger charge is -2.30. The topological polar surface area (TPSA) is 66.5 Å². The van der Waals surface area contributed by atoms with Crippen molar-refractivity contribution in [2.75, 3.05) is 18.4 Å². The number of halogens is 2. The van der Waals surface area contributed by atoms with Gasteiger partial charge >= 0.3 is 0 Å². The Hall–Kier alpha value is -1.96. The lowest BCUT2D eigenvalue weighted by Crippen LogP contribution is -2.39. The zero-order chi connectivity index (χ0) is 19.6. The van der Waals surface area contributed by atoms with E-state index in [0.29, 0.717) is 13.1 Å². The molecule has 0 saturated carbocycles. The molecule has 0 spiro atoms. The Bertz CT molecular complexity index is 965. The van der Waals surface area contributed by atoms with E-state index in [2.05, 4.69) is 5.32 Å². The minimum Gasteiger partial charge on any atom is -0.319 e. The highest BCUT2D eigenvalue weighted by Gasteiger charge is 2.31. The number of benzene rings is 2. The third kappa shape index (κ3) is 4.31. The lowest BCUT2D eigenvalue weighted by atomic mass is 10.0. The van der Waals surface area contributed by atoms with Gasteiger partial charge in [0.1, 0.15) is 10.7 Å². The van der Waals surface area contributed by atoms with E-state index in [1.54, 1.807) is 6.07 Å². The minimum atomic E-state index is -3.82. The second-order valence-corrected chi connectivity index (χ2v) is 9.00. The number of hydrogen-bond acceptors (Lipinski definition) is 3. The maximum Gasteiger partial charge on any atom is 0.255 e. The summed E-state index contributed by atoms with van der Waals surface area (Å²) in [7, 11) is -3.82. The molecule has 1 atom stereocenters. The van der Waals surface area contributed by atoms with Crippen LogP contribution < -0.4 is 5.32 Å². The summed E-state index contributed by atoms with van der Waals surface area (Å²) in [5.41, 5.74) is 0.109. The molecule has 1 aliphatic rings. The van der Waals surface area contributed by atoms with Crippen LogP contribution in [0, 0.1) is 11.7 Å². The van der Waals surface area contributed by atoms with Gasteiger partial charge in [0.15, 0.2) is 0 Å². The van der Waals surface area contributed by atoms with Crippen molar-refractivity contribution >= 4 is 33.2 Å². The molecule has 1 fully saturated rings. The van der Waals surface area contributed by atoms with Gasteiger partial charge in [-0.05, 0) is 49.1 Å². The normalized spacial score (nSPS) is 18.3. The first-order valence-corrected chi connectivity index (χ1v) is 10.5. The van der Waals surface area contributed by atoms with Crippen LogP contribution in [0.4, 0.5) is 10.1 Å². The molecule has 2 aromatic rings. The number of nitrogens with zero attached hydrogens (tertiary/aromatic N) is 1. The van der Waals surface area contributed by atoms with Gasteiger partial charge < -0.3 is 5.32 Å². The van der Waals surface area contributed by atoms with Gasteiger partial charge in [0, 0.05) is 18.7 Å². The van der Waals surface area contributed by atoms with Gasteiger partial charge in [0.25, 0.3) is 5.91 Å². The van der Waals surface area contributed by atoms with Crippen molar-refractivity contribution in [2.24, 2.45) is 5.92 Å². The van der Waals surface area contributed by atoms with Crippen molar-refractivity contribution in [3.05, 3.63) is 58.9 Å². The van der Waals surface area contributed by atoms with Crippen LogP contribution in [0.25, 0.3) is 0 Å². The minimum absolute atomic E-state index is 0.0201. The fourth-order valence-electron chi connectivity index (χ4n) is 3.10. The third-order valence-electron chi connectivity index (χ3n) is 4.55. The molecule has 1 heterocycles. The fraction of sp³-hybridized carbons (Fsp3) is 0.316. The van der Waals surface area contributed by atoms with Crippen LogP contribution in [0.3, 0.4) is 0 Å². The van der Waals surface area contributed by atoms with Crippen molar-refractivity contribution in [2.45, 2.75) is 24.7 Å². The summed E-state index contributed by atoms with van der Waals surface area (Å²) < 4.78 is 41.1. The Morgan fingerprint density at radius 3 is 2.70 bits per heavy atom. The summed E-state index contributed by atoms with van der Waals surface area (Å²) >= 11 is 6.13. The molecule has 0 aromatic heterocycles. The molecule has 3 rings (SSSR count). The van der Waals surface area contributed by atoms with Crippen molar-refractivity contribution < 1.29 is 17.6 Å². The quantitative estimate of drug-likeness (QED) is 0.823. The molecule has 8 heteroatoms. The molecule has 27 heavy (non-hydrogen) atoms. The van der Waals surface area contributed by atoms with E-state index in [9.17, 15) is 17.6 Å². The van der Waals surface area contributed by atoms with Gasteiger partial charge in [0.05, 0.1) is 10.7 Å². The number of para-hydroxylation sites is 1. The smallest absolute Gasteiger partial charge is 0.255 e. The molecule has 1 N–H and O–H groups in total. The Morgan fingerprint density at radius 1 is 1.26 bits per heavy atom. The van der Waals surface area contributed by atoms with Gasteiger partial charge in [-0.15, -0.1) is 0 Å². The molecule has 0 aliphatic carbocycles. The molecule has 144 valence electrons. The Morgan fingerprint density at radius 2 is 2.00 bits per heavy atom. The fourth-order valence-corrected chi connectivity index (χ4v) is 5.20. The van der Waals surface area contributed by atoms with Gasteiger partial charge in [-0.2, -0.15) is 4.31 Å². The molecular weight excluding hydrogens is 391 g/mol. The predicted octanol–water partition coefficient (Wildman–Crippen LogP) is 4.15. The average Bonchev–Trinajstić information content (AvgIpc) is 2.63. The average molecular weight is 411 g/mol. The summed E-state index contributed by atoms with van der Waals surface area (Å²) in [4.78, 5) is 12.3. The van der Waals surface area contributed by atoms with E-state index in [1.807, 2.05) is 6.92 Å². The Labute approximate surface area is 163 Å². The first kappa shape index (κ1) is 19.8. The molecule has 0 bridgehead atoms. The maximum absolute atomic E-state index is 13.7. The zero-order valence-corrected chi connectivity index (χ0v) is 16.4. The number of rotatable bonds is 4. The van der Waals surface area contributed by atoms with E-state index in [4.69, 9.17) is 11.6 Å². The maximum atomic E-state index is 13.7. The third-order valence-corrected chi connectivity index (χ3v) is 6.90. The first-order chi connectivity index (χ1) is 12.8. The second-order valence-electron chi connectivity index (χ2n) is 6.69. The SMILES string of the molecule is C[C@H]1CCCN(S(=O)(=O)c2cc(C(=O)Nc3ccccc3F)ccc2Cl)C1. The molecule has 1 saturated heterocycles. The summed E-state index contributed by atoms with van der Waals surface area (Å²) in [5, 5.41) is 2.50. The highest BCUT2D eigenvalue weighted by atomic mass is 35.5. The number of amides is 1. The monoisotopic (exact) mass is 410 g/mol. The van der Waals surface area contributed by atoms with E-state index < -0.39 is 21.7 Å². The lowest BCUT2D eigenvalue weighted by molar-refractivity contribution is 0.102. The van der Waals surface area contributed by atoms with Crippen molar-refractivity contribution in [1.29, 1.82) is 0 Å². The van der Waals surface area contributed by atoms with Gasteiger partial charge in [-0.25, -0.2) is 12.8 Å². The number of anilines is 1. The standard InChI is InChI=1S/C19H20ClFN2O3S/c1-13-5-4-10-23(12-13)27(25,26)18-11-14(8-9-15(18)20)19(24)22-17-7-3-2-6-16(17)21/h2-3,6-9,11,13H,4-5,10,12H2,1H3,(H,22,24)/t13-/m0/s1. The number of sulfonamides is 1. The van der Waals surface area contributed by atoms with Crippen molar-refractivity contribution in [3.63, 3.8) is 0 Å². The first-order valence-electron chi connectivity index (χ1n) is 8.64. The largest absolute Gasteiger partial charge is 0.319 e. The van der Waals surface area contributed by atoms with E-state index in [-0.39, 0.29) is 27.1 Å². The summed E-state index contributed by atoms with van der Waals surface area (Å²) in [6.45, 7) is 2.85. The number of carbonyl (C=O) groups is 1. The van der Waals surface area contributed by atoms with Crippen LogP contribution >= 0.6 is 11.6 Å². The van der Waals surface area contributed by atoms with Crippen LogP contribution in [0.5, 0.6) is 0 Å². The number of carbonyl (C=O) groups excluding carboxylic acids is 1. The molecule has 1 aliphatic heterocycles. The van der Waals surface area contributed by atoms with Crippen LogP contribution in [0.15, 0.2) is 47.4 Å². The molecule has 1 amide bonds. The number of piperidine rings is 1. The van der Waals surface area contributed by atoms with E-state index in [0.717, 1.165) is 12.8 Å². The van der Waals surface area contributed by atoms with E-state index >= 15 is 0 Å². The summed E-state index contributed by atoms with van der Waals surface area (Å²) in [6.07, 6.45) is 1.76. The molecular formula is C19H20ClFN2O3S. The predicted molar refractivity (Wildman–Crippen MR) is 103 cm³/mol. The van der Waals surface area contributed by atoms with E-state index in [1.165, 1.54) is 40.7 Å². The van der Waals surface area contributed by atoms with Gasteiger partial charge in [-0.1, -0.05) is 30.7 Å². The molecule has 0 unspecified atom stereocenters. The highest BCUT2D eigenvalue weighted by Crippen LogP contribution is 2.29. The van der Waals surface area contributed by atoms with Crippen LogP contribution in [-0.2, 0) is 10.0 Å². The van der Waals surface area contributed by atoms with Crippen molar-refractivity contribution in [3.8, 4) is 0 Å². The van der Waals surface area contributed by atoms with Crippen LogP contribution in [-0.4, -0.2) is 31.7 Å². The van der Waals surface area contributed by atoms with Crippen molar-refractivity contribution in [1.82, 2.24) is 4.31 Å². The van der Waals surface area contributed by atoms with Crippen LogP contribution in [0.2, 0.25) is 5.02 Å². The molecule has 5 nitrogen and oxygen atoms in total. The van der Waals surface area contributed by atoms with Gasteiger partial charge in [0.2, 0.25) is 10.0 Å². The Kier molecular flexibility index (Phi) is 5.83. The van der Waals surface area contributed by atoms with Crippen LogP contribution in [0.1, 0.15) is 30.1 Å². The summed E-state index contributed by atoms with van der Waals surface area (Å²) in [6, 6.07) is 9.79. The Balaban J connectivity index is 1.90. The highest BCUT2D eigenvalue weighted by molar-refractivity contribution is 7.89. The molecule has 2 aromatic carbocycles. The zero-order valence-electron chi connectivity index (χ0n) is 14.8. The van der Waals surface area contributed by atoms with Gasteiger partial charge in [-0.3, -0.25) is 4.79 Å². The number of hydrogen-bond donors (Lipinski definition) is 1. The molecule has 0 radical (unpaired) electrons. The number of nitrogens with one attached hydrogen (secondary N) is 1. The second kappa shape index (κ2) is 7.96.